The number of H-pyrrole nitrogens is 1. The number of ketones is 2. The van der Waals surface area contributed by atoms with Crippen LogP contribution < -0.4 is 5.32 Å². The van der Waals surface area contributed by atoms with Gasteiger partial charge < -0.3 is 10.3 Å². The van der Waals surface area contributed by atoms with E-state index in [2.05, 4.69) is 36.2 Å². The number of Topliss-reactive ketones (excluding diaryl/α,β-unsaturated/α-hetero) is 1. The summed E-state index contributed by atoms with van der Waals surface area (Å²) in [7, 11) is 0. The average Bonchev–Trinajstić information content (AvgIpc) is 3.10. The fourth-order valence-electron chi connectivity index (χ4n) is 3.95. The van der Waals surface area contributed by atoms with Crippen molar-refractivity contribution in [2.75, 3.05) is 5.32 Å². The number of nitrogens with one attached hydrogen (secondary N) is 2. The van der Waals surface area contributed by atoms with E-state index in [4.69, 9.17) is 0 Å². The van der Waals surface area contributed by atoms with E-state index in [1.807, 2.05) is 32.2 Å². The van der Waals surface area contributed by atoms with Crippen molar-refractivity contribution >= 4 is 44.3 Å². The molecule has 2 aliphatic rings. The number of hydrogen-bond donors (Lipinski definition) is 2. The standard InChI is InChI=1S/C12H13BrN2O.C12H12N2O/c1-8-5-11(13)12(14-7-8)15-9-3-2-4-10(16)6-9;1-7-5-8-11-9(3-2-4-10(11)15)14-12(8)13-6-7/h5-7H,2-4H2,1H3,(H,14,15);5-6H,2-4H2,1H3,(H,13,14). The first-order valence-electron chi connectivity index (χ1n) is 10.5. The van der Waals surface area contributed by atoms with Crippen molar-refractivity contribution in [2.24, 2.45) is 0 Å². The average molecular weight is 481 g/mol. The molecule has 0 spiro atoms. The van der Waals surface area contributed by atoms with Gasteiger partial charge in [-0.05, 0) is 78.7 Å². The van der Waals surface area contributed by atoms with Gasteiger partial charge in [0, 0.05) is 53.7 Å². The zero-order valence-corrected chi connectivity index (χ0v) is 19.3. The molecule has 5 rings (SSSR count). The van der Waals surface area contributed by atoms with Gasteiger partial charge in [0.2, 0.25) is 0 Å². The molecule has 7 heteroatoms. The monoisotopic (exact) mass is 480 g/mol. The summed E-state index contributed by atoms with van der Waals surface area (Å²) in [6.07, 6.45) is 10.4. The molecule has 0 bridgehead atoms. The molecule has 2 aliphatic carbocycles. The Labute approximate surface area is 189 Å². The first kappa shape index (κ1) is 21.4. The molecule has 3 heterocycles. The van der Waals surface area contributed by atoms with Crippen LogP contribution in [0.4, 0.5) is 5.82 Å². The Morgan fingerprint density at radius 3 is 2.48 bits per heavy atom. The van der Waals surface area contributed by atoms with Gasteiger partial charge >= 0.3 is 0 Å². The summed E-state index contributed by atoms with van der Waals surface area (Å²) in [5.74, 6) is 1.22. The summed E-state index contributed by atoms with van der Waals surface area (Å²) in [4.78, 5) is 34.9. The Bertz CT molecular complexity index is 1200. The predicted octanol–water partition coefficient (Wildman–Crippen LogP) is 5.59. The molecule has 0 fully saturated rings. The number of hydrogen-bond acceptors (Lipinski definition) is 5. The van der Waals surface area contributed by atoms with Crippen LogP contribution >= 0.6 is 15.9 Å². The highest BCUT2D eigenvalue weighted by atomic mass is 79.9. The smallest absolute Gasteiger partial charge is 0.165 e. The van der Waals surface area contributed by atoms with Crippen LogP contribution in [-0.4, -0.2) is 26.5 Å². The van der Waals surface area contributed by atoms with E-state index in [9.17, 15) is 9.59 Å². The first-order valence-corrected chi connectivity index (χ1v) is 11.3. The summed E-state index contributed by atoms with van der Waals surface area (Å²) in [6, 6.07) is 4.04. The van der Waals surface area contributed by atoms with E-state index in [0.29, 0.717) is 12.8 Å². The van der Waals surface area contributed by atoms with Crippen molar-refractivity contribution < 1.29 is 9.59 Å². The van der Waals surface area contributed by atoms with Crippen molar-refractivity contribution in [1.82, 2.24) is 15.0 Å². The van der Waals surface area contributed by atoms with E-state index in [-0.39, 0.29) is 11.6 Å². The number of nitrogens with zero attached hydrogens (tertiary/aromatic N) is 2. The van der Waals surface area contributed by atoms with Gasteiger partial charge in [-0.2, -0.15) is 0 Å². The van der Waals surface area contributed by atoms with Gasteiger partial charge in [0.1, 0.15) is 11.5 Å². The predicted molar refractivity (Wildman–Crippen MR) is 125 cm³/mol. The fraction of sp³-hybridized carbons (Fsp3) is 0.333. The van der Waals surface area contributed by atoms with Crippen LogP contribution in [0.2, 0.25) is 0 Å². The minimum Gasteiger partial charge on any atom is -0.343 e. The Kier molecular flexibility index (Phi) is 6.32. The largest absolute Gasteiger partial charge is 0.343 e. The van der Waals surface area contributed by atoms with Crippen LogP contribution in [0, 0.1) is 13.8 Å². The summed E-state index contributed by atoms with van der Waals surface area (Å²) in [6.45, 7) is 3.99. The maximum Gasteiger partial charge on any atom is 0.165 e. The second-order valence-electron chi connectivity index (χ2n) is 8.12. The van der Waals surface area contributed by atoms with Crippen LogP contribution in [0.3, 0.4) is 0 Å². The minimum absolute atomic E-state index is 0.192. The van der Waals surface area contributed by atoms with Crippen LogP contribution in [0.5, 0.6) is 0 Å². The lowest BCUT2D eigenvalue weighted by Gasteiger charge is -2.14. The van der Waals surface area contributed by atoms with Crippen molar-refractivity contribution in [3.63, 3.8) is 0 Å². The van der Waals surface area contributed by atoms with E-state index < -0.39 is 0 Å². The molecule has 0 unspecified atom stereocenters. The number of allylic oxidation sites excluding steroid dienone is 2. The lowest BCUT2D eigenvalue weighted by molar-refractivity contribution is -0.115. The second kappa shape index (κ2) is 9.14. The summed E-state index contributed by atoms with van der Waals surface area (Å²) in [5.41, 5.74) is 5.95. The number of aromatic amines is 1. The lowest BCUT2D eigenvalue weighted by Crippen LogP contribution is -2.10. The van der Waals surface area contributed by atoms with E-state index >= 15 is 0 Å². The fourth-order valence-corrected chi connectivity index (χ4v) is 4.51. The van der Waals surface area contributed by atoms with Crippen molar-refractivity contribution in [1.29, 1.82) is 0 Å². The Morgan fingerprint density at radius 2 is 1.71 bits per heavy atom. The summed E-state index contributed by atoms with van der Waals surface area (Å²) in [5, 5.41) is 4.18. The molecule has 160 valence electrons. The maximum absolute atomic E-state index is 11.8. The Balaban J connectivity index is 0.000000149. The maximum atomic E-state index is 11.8. The molecular weight excluding hydrogens is 456 g/mol. The van der Waals surface area contributed by atoms with Crippen LogP contribution in [-0.2, 0) is 11.2 Å². The van der Waals surface area contributed by atoms with Gasteiger partial charge in [-0.1, -0.05) is 0 Å². The van der Waals surface area contributed by atoms with Gasteiger partial charge in [0.05, 0.1) is 4.47 Å². The molecule has 0 atom stereocenters. The van der Waals surface area contributed by atoms with Gasteiger partial charge in [0.25, 0.3) is 0 Å². The number of rotatable bonds is 2. The number of aromatic nitrogens is 3. The highest BCUT2D eigenvalue weighted by molar-refractivity contribution is 9.10. The molecule has 3 aromatic rings. The molecular formula is C24H25BrN4O2. The second-order valence-corrected chi connectivity index (χ2v) is 8.98. The topological polar surface area (TPSA) is 87.7 Å². The molecule has 0 amide bonds. The first-order chi connectivity index (χ1) is 14.9. The number of aryl methyl sites for hydroxylation is 3. The highest BCUT2D eigenvalue weighted by Gasteiger charge is 2.22. The molecule has 0 saturated carbocycles. The van der Waals surface area contributed by atoms with Crippen LogP contribution in [0.15, 0.2) is 40.8 Å². The molecule has 6 nitrogen and oxygen atoms in total. The third kappa shape index (κ3) is 4.93. The van der Waals surface area contributed by atoms with E-state index in [1.54, 1.807) is 12.3 Å². The molecule has 0 aromatic carbocycles. The van der Waals surface area contributed by atoms with Crippen LogP contribution in [0.25, 0.3) is 11.0 Å². The Hall–Kier alpha value is -2.80. The third-order valence-electron chi connectivity index (χ3n) is 5.44. The quantitative estimate of drug-likeness (QED) is 0.498. The van der Waals surface area contributed by atoms with Crippen molar-refractivity contribution in [2.45, 2.75) is 52.4 Å². The number of carbonyl (C=O) groups excluding carboxylic acids is 2. The third-order valence-corrected chi connectivity index (χ3v) is 6.04. The number of carbonyl (C=O) groups is 2. The van der Waals surface area contributed by atoms with Crippen molar-refractivity contribution in [3.8, 4) is 0 Å². The number of pyridine rings is 2. The molecule has 0 aliphatic heterocycles. The SMILES string of the molecule is Cc1cnc(NC2=CC(=O)CCC2)c(Br)c1.Cc1cnc2[nH]c3c(c2c1)C(=O)CCC3. The highest BCUT2D eigenvalue weighted by Crippen LogP contribution is 2.28. The van der Waals surface area contributed by atoms with E-state index in [1.165, 1.54) is 0 Å². The zero-order chi connectivity index (χ0) is 22.0. The van der Waals surface area contributed by atoms with Crippen molar-refractivity contribution in [3.05, 3.63) is 63.2 Å². The molecule has 0 radical (unpaired) electrons. The molecule has 2 N–H and O–H groups in total. The van der Waals surface area contributed by atoms with Gasteiger partial charge in [0.15, 0.2) is 11.6 Å². The number of anilines is 1. The molecule has 0 saturated heterocycles. The summed E-state index contributed by atoms with van der Waals surface area (Å²) < 4.78 is 0.923. The zero-order valence-electron chi connectivity index (χ0n) is 17.7. The van der Waals surface area contributed by atoms with Gasteiger partial charge in [-0.15, -0.1) is 0 Å². The Morgan fingerprint density at radius 1 is 0.968 bits per heavy atom. The summed E-state index contributed by atoms with van der Waals surface area (Å²) >= 11 is 3.45. The van der Waals surface area contributed by atoms with Gasteiger partial charge in [-0.25, -0.2) is 9.97 Å². The van der Waals surface area contributed by atoms with E-state index in [0.717, 1.165) is 75.1 Å². The lowest BCUT2D eigenvalue weighted by atomic mass is 9.94. The van der Waals surface area contributed by atoms with Gasteiger partial charge in [-0.3, -0.25) is 9.59 Å². The minimum atomic E-state index is 0.192. The molecule has 31 heavy (non-hydrogen) atoms. The number of fused-ring (bicyclic) bond motifs is 3. The van der Waals surface area contributed by atoms with Crippen LogP contribution in [0.1, 0.15) is 59.3 Å². The molecule has 3 aromatic heterocycles. The normalized spacial score (nSPS) is 15.8. The number of halogens is 1.